The van der Waals surface area contributed by atoms with Gasteiger partial charge < -0.3 is 0 Å². The summed E-state index contributed by atoms with van der Waals surface area (Å²) in [5.74, 6) is -1.30. The molecule has 110 valence electrons. The van der Waals surface area contributed by atoms with Gasteiger partial charge in [0.25, 0.3) is 15.9 Å². The molecule has 0 saturated heterocycles. The molecule has 0 fully saturated rings. The molecule has 0 saturated carbocycles. The summed E-state index contributed by atoms with van der Waals surface area (Å²) in [6, 6.07) is 3.21. The summed E-state index contributed by atoms with van der Waals surface area (Å²) in [6.45, 7) is 1.45. The Hall–Kier alpha value is -2.39. The Kier molecular flexibility index (Phi) is 4.24. The van der Waals surface area contributed by atoms with Crippen LogP contribution in [0.15, 0.2) is 41.7 Å². The summed E-state index contributed by atoms with van der Waals surface area (Å²) in [4.78, 5) is 20.9. The lowest BCUT2D eigenvalue weighted by Crippen LogP contribution is -2.42. The zero-order valence-corrected chi connectivity index (χ0v) is 11.7. The first-order valence-electron chi connectivity index (χ1n) is 5.74. The van der Waals surface area contributed by atoms with Crippen molar-refractivity contribution in [2.24, 2.45) is 0 Å². The number of rotatable bonds is 4. The van der Waals surface area contributed by atoms with Crippen LogP contribution in [0.1, 0.15) is 16.1 Å². The molecule has 2 rings (SSSR count). The zero-order valence-electron chi connectivity index (χ0n) is 10.9. The summed E-state index contributed by atoms with van der Waals surface area (Å²) in [6.07, 6.45) is 3.86. The second kappa shape index (κ2) is 5.94. The van der Waals surface area contributed by atoms with Crippen molar-refractivity contribution in [3.8, 4) is 0 Å². The van der Waals surface area contributed by atoms with Crippen LogP contribution in [0.25, 0.3) is 0 Å². The van der Waals surface area contributed by atoms with Gasteiger partial charge in [0.05, 0.1) is 11.1 Å². The maximum absolute atomic E-state index is 13.0. The quantitative estimate of drug-likeness (QED) is 0.803. The van der Waals surface area contributed by atoms with E-state index in [0.717, 1.165) is 18.2 Å². The molecule has 1 aromatic carbocycles. The minimum Gasteiger partial charge on any atom is -0.272 e. The molecule has 9 heteroatoms. The van der Waals surface area contributed by atoms with Crippen molar-refractivity contribution < 1.29 is 17.6 Å². The van der Waals surface area contributed by atoms with Crippen LogP contribution >= 0.6 is 0 Å². The Morgan fingerprint density at radius 2 is 2.05 bits per heavy atom. The molecule has 0 radical (unpaired) electrons. The predicted octanol–water partition coefficient (Wildman–Crippen LogP) is 0.547. The second-order valence-electron chi connectivity index (χ2n) is 4.06. The Morgan fingerprint density at radius 3 is 2.67 bits per heavy atom. The molecule has 1 heterocycles. The van der Waals surface area contributed by atoms with Crippen molar-refractivity contribution in [3.63, 3.8) is 0 Å². The van der Waals surface area contributed by atoms with E-state index in [1.54, 1.807) is 0 Å². The largest absolute Gasteiger partial charge is 0.286 e. The highest BCUT2D eigenvalue weighted by molar-refractivity contribution is 7.89. The number of carbonyl (C=O) groups excluding carboxylic acids is 1. The van der Waals surface area contributed by atoms with Gasteiger partial charge in [-0.05, 0) is 30.7 Å². The Balaban J connectivity index is 2.13. The van der Waals surface area contributed by atoms with Crippen LogP contribution in [0.4, 0.5) is 4.39 Å². The summed E-state index contributed by atoms with van der Waals surface area (Å²) in [5, 5.41) is 0. The first-order chi connectivity index (χ1) is 9.90. The number of aryl methyl sites for hydroxylation is 1. The third-order valence-corrected chi connectivity index (χ3v) is 3.93. The van der Waals surface area contributed by atoms with E-state index in [-0.39, 0.29) is 16.2 Å². The maximum atomic E-state index is 13.0. The lowest BCUT2D eigenvalue weighted by Gasteiger charge is -2.10. The highest BCUT2D eigenvalue weighted by atomic mass is 32.2. The Morgan fingerprint density at radius 1 is 1.29 bits per heavy atom. The molecule has 2 aromatic rings. The van der Waals surface area contributed by atoms with Crippen molar-refractivity contribution in [3.05, 3.63) is 53.9 Å². The van der Waals surface area contributed by atoms with E-state index in [4.69, 9.17) is 0 Å². The fraction of sp³-hybridized carbons (Fsp3) is 0.0833. The van der Waals surface area contributed by atoms with Crippen LogP contribution in [-0.4, -0.2) is 24.3 Å². The van der Waals surface area contributed by atoms with Gasteiger partial charge in [-0.1, -0.05) is 0 Å². The van der Waals surface area contributed by atoms with Crippen LogP contribution < -0.4 is 10.3 Å². The Labute approximate surface area is 120 Å². The topological polar surface area (TPSA) is 101 Å². The predicted molar refractivity (Wildman–Crippen MR) is 71.0 cm³/mol. The molecule has 0 aliphatic carbocycles. The van der Waals surface area contributed by atoms with Gasteiger partial charge in [-0.2, -0.15) is 0 Å². The van der Waals surface area contributed by atoms with Crippen LogP contribution in [0.3, 0.4) is 0 Å². The minimum absolute atomic E-state index is 0.0453. The van der Waals surface area contributed by atoms with Gasteiger partial charge in [0.1, 0.15) is 11.5 Å². The molecule has 0 bridgehead atoms. The maximum Gasteiger partial charge on any atom is 0.286 e. The fourth-order valence-electron chi connectivity index (χ4n) is 1.56. The SMILES string of the molecule is Cc1cc(F)ccc1S(=O)(=O)NNC(=O)c1cnccn1. The van der Waals surface area contributed by atoms with Crippen LogP contribution in [-0.2, 0) is 10.0 Å². The molecular weight excluding hydrogens is 299 g/mol. The number of hydrogen-bond donors (Lipinski definition) is 2. The van der Waals surface area contributed by atoms with Gasteiger partial charge in [0.2, 0.25) is 0 Å². The smallest absolute Gasteiger partial charge is 0.272 e. The van der Waals surface area contributed by atoms with Gasteiger partial charge >= 0.3 is 0 Å². The first kappa shape index (κ1) is 15.0. The van der Waals surface area contributed by atoms with Crippen molar-refractivity contribution in [2.75, 3.05) is 0 Å². The summed E-state index contributed by atoms with van der Waals surface area (Å²) in [7, 11) is -4.01. The number of halogens is 1. The fourth-order valence-corrected chi connectivity index (χ4v) is 2.63. The van der Waals surface area contributed by atoms with E-state index < -0.39 is 21.7 Å². The van der Waals surface area contributed by atoms with E-state index in [1.165, 1.54) is 25.5 Å². The number of aromatic nitrogens is 2. The van der Waals surface area contributed by atoms with Gasteiger partial charge in [-0.15, -0.1) is 4.83 Å². The van der Waals surface area contributed by atoms with Crippen molar-refractivity contribution >= 4 is 15.9 Å². The van der Waals surface area contributed by atoms with Gasteiger partial charge in [0, 0.05) is 12.4 Å². The molecule has 0 unspecified atom stereocenters. The number of nitrogens with zero attached hydrogens (tertiary/aromatic N) is 2. The van der Waals surface area contributed by atoms with Gasteiger partial charge in [-0.25, -0.2) is 17.8 Å². The summed E-state index contributed by atoms with van der Waals surface area (Å²) < 4.78 is 37.0. The molecule has 1 aromatic heterocycles. The second-order valence-corrected chi connectivity index (χ2v) is 5.71. The third-order valence-electron chi connectivity index (χ3n) is 2.52. The van der Waals surface area contributed by atoms with E-state index in [0.29, 0.717) is 0 Å². The lowest BCUT2D eigenvalue weighted by atomic mass is 10.2. The molecule has 0 aliphatic rings. The standard InChI is InChI=1S/C12H11FN4O3S/c1-8-6-9(13)2-3-11(8)21(19,20)17-16-12(18)10-7-14-4-5-15-10/h2-7,17H,1H3,(H,16,18). The van der Waals surface area contributed by atoms with Crippen molar-refractivity contribution in [1.82, 2.24) is 20.2 Å². The molecule has 1 amide bonds. The number of benzene rings is 1. The summed E-state index contributed by atoms with van der Waals surface area (Å²) >= 11 is 0. The number of carbonyl (C=O) groups is 1. The highest BCUT2D eigenvalue weighted by Gasteiger charge is 2.18. The molecule has 0 aliphatic heterocycles. The lowest BCUT2D eigenvalue weighted by molar-refractivity contribution is 0.0939. The molecule has 2 N–H and O–H groups in total. The molecule has 0 spiro atoms. The zero-order chi connectivity index (χ0) is 15.5. The monoisotopic (exact) mass is 310 g/mol. The first-order valence-corrected chi connectivity index (χ1v) is 7.23. The van der Waals surface area contributed by atoms with Crippen LogP contribution in [0.2, 0.25) is 0 Å². The summed E-state index contributed by atoms with van der Waals surface area (Å²) in [5.41, 5.74) is 2.18. The van der Waals surface area contributed by atoms with Gasteiger partial charge in [-0.3, -0.25) is 15.2 Å². The van der Waals surface area contributed by atoms with Gasteiger partial charge in [0.15, 0.2) is 0 Å². The van der Waals surface area contributed by atoms with E-state index in [1.807, 2.05) is 10.3 Å². The number of hydrazine groups is 1. The minimum atomic E-state index is -4.01. The van der Waals surface area contributed by atoms with E-state index in [9.17, 15) is 17.6 Å². The van der Waals surface area contributed by atoms with Crippen molar-refractivity contribution in [2.45, 2.75) is 11.8 Å². The molecule has 0 atom stereocenters. The average molecular weight is 310 g/mol. The average Bonchev–Trinajstić information content (AvgIpc) is 2.45. The van der Waals surface area contributed by atoms with Crippen LogP contribution in [0.5, 0.6) is 0 Å². The van der Waals surface area contributed by atoms with Crippen molar-refractivity contribution in [1.29, 1.82) is 0 Å². The number of hydrogen-bond acceptors (Lipinski definition) is 5. The normalized spacial score (nSPS) is 11.1. The molecule has 7 nitrogen and oxygen atoms in total. The number of sulfonamides is 1. The van der Waals surface area contributed by atoms with E-state index >= 15 is 0 Å². The number of amides is 1. The molecular formula is C12H11FN4O3S. The Bertz CT molecular complexity index is 765. The van der Waals surface area contributed by atoms with Crippen LogP contribution in [0, 0.1) is 12.7 Å². The highest BCUT2D eigenvalue weighted by Crippen LogP contribution is 2.15. The van der Waals surface area contributed by atoms with E-state index in [2.05, 4.69) is 9.97 Å². The number of nitrogens with one attached hydrogen (secondary N) is 2. The molecule has 21 heavy (non-hydrogen) atoms. The third kappa shape index (κ3) is 3.58.